The van der Waals surface area contributed by atoms with Crippen LogP contribution in [0.2, 0.25) is 0 Å². The molecule has 0 amide bonds. The van der Waals surface area contributed by atoms with Crippen LogP contribution in [0.4, 0.5) is 0 Å². The van der Waals surface area contributed by atoms with Crippen LogP contribution in [-0.4, -0.2) is 21.4 Å². The summed E-state index contributed by atoms with van der Waals surface area (Å²) in [4.78, 5) is 0. The first-order valence-corrected chi connectivity index (χ1v) is 3.17. The van der Waals surface area contributed by atoms with Gasteiger partial charge in [0.1, 0.15) is 0 Å². The van der Waals surface area contributed by atoms with Crippen LogP contribution in [0.1, 0.15) is 0 Å². The predicted molar refractivity (Wildman–Crippen MR) is 24.4 cm³/mol. The van der Waals surface area contributed by atoms with E-state index >= 15 is 0 Å². The van der Waals surface area contributed by atoms with Gasteiger partial charge in [0.05, 0.1) is 13.0 Å². The smallest absolute Gasteiger partial charge is 0.269 e. The van der Waals surface area contributed by atoms with Gasteiger partial charge in [-0.05, 0) is 0 Å². The van der Waals surface area contributed by atoms with Crippen molar-refractivity contribution in [3.8, 4) is 0 Å². The molecule has 0 aromatic rings. The quantitative estimate of drug-likeness (QED) is 0.365. The average molecular weight is 122 g/mol. The summed E-state index contributed by atoms with van der Waals surface area (Å²) in [6.45, 7) is 4.34. The van der Waals surface area contributed by atoms with E-state index in [1.165, 1.54) is 0 Å². The van der Waals surface area contributed by atoms with Crippen molar-refractivity contribution in [2.45, 2.75) is 0 Å². The molecule has 0 aliphatic heterocycles. The first kappa shape index (κ1) is 6.42. The molecule has 1 radical (unpaired) electrons. The molecule has 0 aliphatic rings. The van der Waals surface area contributed by atoms with Crippen LogP contribution in [0, 0.1) is 0 Å². The third kappa shape index (κ3) is 5.42. The second kappa shape index (κ2) is 1.92. The summed E-state index contributed by atoms with van der Waals surface area (Å²) in [6, 6.07) is 0. The van der Waals surface area contributed by atoms with Crippen molar-refractivity contribution in [1.29, 1.82) is 0 Å². The van der Waals surface area contributed by atoms with Crippen LogP contribution in [0.3, 0.4) is 0 Å². The molecular formula is C2H4NO3S. The van der Waals surface area contributed by atoms with Crippen molar-refractivity contribution in [1.82, 2.24) is 0 Å². The summed E-state index contributed by atoms with van der Waals surface area (Å²) in [5.74, 6) is 0. The molecule has 0 aromatic heterocycles. The fourth-order valence-corrected chi connectivity index (χ4v) is 0.235. The zero-order valence-electron chi connectivity index (χ0n) is 3.66. The molecule has 0 aromatic carbocycles. The maximum absolute atomic E-state index is 9.84. The molecule has 0 N–H and O–H groups in total. The van der Waals surface area contributed by atoms with E-state index < -0.39 is 10.1 Å². The van der Waals surface area contributed by atoms with Gasteiger partial charge in [0, 0.05) is 0 Å². The molecule has 5 heteroatoms. The SMILES string of the molecule is [CH]=NOS(C)(=O)=O. The van der Waals surface area contributed by atoms with Crippen LogP contribution in [0.25, 0.3) is 0 Å². The van der Waals surface area contributed by atoms with Gasteiger partial charge >= 0.3 is 10.1 Å². The van der Waals surface area contributed by atoms with Crippen LogP contribution < -0.4 is 0 Å². The van der Waals surface area contributed by atoms with Gasteiger partial charge in [-0.15, -0.1) is 0 Å². The van der Waals surface area contributed by atoms with Crippen molar-refractivity contribution in [3.05, 3.63) is 0 Å². The van der Waals surface area contributed by atoms with Gasteiger partial charge in [0.2, 0.25) is 0 Å². The summed E-state index contributed by atoms with van der Waals surface area (Å²) in [5.41, 5.74) is 0. The fraction of sp³-hybridized carbons (Fsp3) is 0.500. The van der Waals surface area contributed by atoms with Crippen molar-refractivity contribution in [3.63, 3.8) is 0 Å². The molecule has 7 heavy (non-hydrogen) atoms. The number of nitrogens with zero attached hydrogens (tertiary/aromatic N) is 1. The predicted octanol–water partition coefficient (Wildman–Crippen LogP) is -0.545. The molecule has 0 aliphatic carbocycles. The highest BCUT2D eigenvalue weighted by molar-refractivity contribution is 7.85. The van der Waals surface area contributed by atoms with Gasteiger partial charge < -0.3 is 0 Å². The molecule has 0 atom stereocenters. The summed E-state index contributed by atoms with van der Waals surface area (Å²) >= 11 is 0. The van der Waals surface area contributed by atoms with Crippen LogP contribution in [-0.2, 0) is 14.4 Å². The highest BCUT2D eigenvalue weighted by atomic mass is 32.2. The Morgan fingerprint density at radius 1 is 1.71 bits per heavy atom. The number of rotatable bonds is 2. The maximum atomic E-state index is 9.84. The molecule has 0 rings (SSSR count). The second-order valence-electron chi connectivity index (χ2n) is 0.884. The minimum atomic E-state index is -3.47. The van der Waals surface area contributed by atoms with E-state index in [1.54, 1.807) is 0 Å². The first-order chi connectivity index (χ1) is 3.06. The molecule has 0 saturated carbocycles. The minimum absolute atomic E-state index is 0.851. The summed E-state index contributed by atoms with van der Waals surface area (Å²) in [6.07, 6.45) is 0.851. The third-order valence-electron chi connectivity index (χ3n) is 0.178. The summed E-state index contributed by atoms with van der Waals surface area (Å²) in [5, 5.41) is 2.42. The Morgan fingerprint density at radius 2 is 2.14 bits per heavy atom. The molecule has 0 saturated heterocycles. The Morgan fingerprint density at radius 3 is 2.14 bits per heavy atom. The van der Waals surface area contributed by atoms with Crippen molar-refractivity contribution in [2.24, 2.45) is 5.16 Å². The lowest BCUT2D eigenvalue weighted by Gasteiger charge is -1.86. The fourth-order valence-electron chi connectivity index (χ4n) is 0.0782. The normalized spacial score (nSPS) is 10.4. The Hall–Kier alpha value is -0.580. The van der Waals surface area contributed by atoms with Crippen molar-refractivity contribution >= 4 is 16.8 Å². The topological polar surface area (TPSA) is 55.7 Å². The molecule has 0 fully saturated rings. The number of hydrogen-bond acceptors (Lipinski definition) is 4. The minimum Gasteiger partial charge on any atom is -0.269 e. The highest BCUT2D eigenvalue weighted by Gasteiger charge is 1.94. The zero-order chi connectivity index (χ0) is 5.91. The molecule has 41 valence electrons. The van der Waals surface area contributed by atoms with Crippen molar-refractivity contribution < 1.29 is 12.7 Å². The monoisotopic (exact) mass is 122 g/mol. The van der Waals surface area contributed by atoms with Crippen molar-refractivity contribution in [2.75, 3.05) is 6.26 Å². The average Bonchev–Trinajstić information content (AvgIpc) is 1.30. The molecular weight excluding hydrogens is 118 g/mol. The summed E-state index contributed by atoms with van der Waals surface area (Å²) < 4.78 is 23.3. The van der Waals surface area contributed by atoms with E-state index in [9.17, 15) is 8.42 Å². The lowest BCUT2D eigenvalue weighted by atomic mass is 11.8. The van der Waals surface area contributed by atoms with Crippen LogP contribution >= 0.6 is 0 Å². The maximum Gasteiger partial charge on any atom is 0.325 e. The highest BCUT2D eigenvalue weighted by Crippen LogP contribution is 1.82. The molecule has 4 nitrogen and oxygen atoms in total. The first-order valence-electron chi connectivity index (χ1n) is 1.35. The lowest BCUT2D eigenvalue weighted by Crippen LogP contribution is -1.95. The van der Waals surface area contributed by atoms with E-state index in [-0.39, 0.29) is 0 Å². The van der Waals surface area contributed by atoms with Gasteiger partial charge in [0.25, 0.3) is 0 Å². The zero-order valence-corrected chi connectivity index (χ0v) is 4.47. The Labute approximate surface area is 41.9 Å². The van der Waals surface area contributed by atoms with Gasteiger partial charge in [-0.3, -0.25) is 4.28 Å². The number of hydrogen-bond donors (Lipinski definition) is 0. The van der Waals surface area contributed by atoms with Gasteiger partial charge in [-0.1, -0.05) is 5.16 Å². The molecule has 0 spiro atoms. The van der Waals surface area contributed by atoms with E-state index in [2.05, 4.69) is 16.2 Å². The van der Waals surface area contributed by atoms with Gasteiger partial charge in [-0.25, -0.2) is 0 Å². The lowest BCUT2D eigenvalue weighted by molar-refractivity contribution is 0.347. The third-order valence-corrected chi connectivity index (χ3v) is 0.535. The van der Waals surface area contributed by atoms with E-state index in [0.29, 0.717) is 0 Å². The van der Waals surface area contributed by atoms with Gasteiger partial charge in [0.15, 0.2) is 0 Å². The molecule has 0 bridgehead atoms. The Balaban J connectivity index is 3.84. The standard InChI is InChI=1S/C2H4NO3S/c1-3-6-7(2,4)5/h1H,2H3. The van der Waals surface area contributed by atoms with E-state index in [0.717, 1.165) is 6.26 Å². The second-order valence-corrected chi connectivity index (χ2v) is 2.44. The summed E-state index contributed by atoms with van der Waals surface area (Å²) in [7, 11) is -3.47. The van der Waals surface area contributed by atoms with E-state index in [1.807, 2.05) is 0 Å². The van der Waals surface area contributed by atoms with Crippen LogP contribution in [0.5, 0.6) is 0 Å². The van der Waals surface area contributed by atoms with Gasteiger partial charge in [-0.2, -0.15) is 8.42 Å². The Kier molecular flexibility index (Phi) is 1.76. The molecule has 0 heterocycles. The van der Waals surface area contributed by atoms with E-state index in [4.69, 9.17) is 0 Å². The largest absolute Gasteiger partial charge is 0.325 e. The Bertz CT molecular complexity index is 146. The molecule has 0 unspecified atom stereocenters. The van der Waals surface area contributed by atoms with Crippen LogP contribution in [0.15, 0.2) is 5.16 Å².